The van der Waals surface area contributed by atoms with Gasteiger partial charge in [-0.25, -0.2) is 0 Å². The van der Waals surface area contributed by atoms with Crippen LogP contribution < -0.4 is 0 Å². The molecule has 0 amide bonds. The Balaban J connectivity index is 2.39. The zero-order valence-corrected chi connectivity index (χ0v) is 7.06. The molecule has 0 radical (unpaired) electrons. The van der Waals surface area contributed by atoms with Gasteiger partial charge in [0.05, 0.1) is 0 Å². The molecule has 58 valence electrons. The molecule has 10 heavy (non-hydrogen) atoms. The first-order valence-electron chi connectivity index (χ1n) is 4.04. The summed E-state index contributed by atoms with van der Waals surface area (Å²) in [6.45, 7) is 8.61. The number of nitrogens with zero attached hydrogens (tertiary/aromatic N) is 1. The van der Waals surface area contributed by atoms with Crippen LogP contribution in [0.25, 0.3) is 0 Å². The van der Waals surface area contributed by atoms with Crippen molar-refractivity contribution < 1.29 is 0 Å². The van der Waals surface area contributed by atoms with Crippen LogP contribution in [-0.4, -0.2) is 25.0 Å². The van der Waals surface area contributed by atoms with Crippen LogP contribution in [0.4, 0.5) is 0 Å². The lowest BCUT2D eigenvalue weighted by atomic mass is 9.93. The lowest BCUT2D eigenvalue weighted by Gasteiger charge is -2.29. The van der Waals surface area contributed by atoms with E-state index in [0.717, 1.165) is 5.92 Å². The highest BCUT2D eigenvalue weighted by Gasteiger charge is 2.16. The monoisotopic (exact) mass is 139 g/mol. The molecule has 1 fully saturated rings. The zero-order chi connectivity index (χ0) is 7.56. The fourth-order valence-corrected chi connectivity index (χ4v) is 1.57. The largest absolute Gasteiger partial charge is 0.306 e. The Labute approximate surface area is 63.7 Å². The standard InChI is InChI=1S/C9H17N/c1-8(2)9-5-4-6-10(3)7-9/h9H,1,4-7H2,2-3H3. The molecule has 1 aliphatic heterocycles. The first-order valence-corrected chi connectivity index (χ1v) is 4.04. The summed E-state index contributed by atoms with van der Waals surface area (Å²) in [4.78, 5) is 2.39. The summed E-state index contributed by atoms with van der Waals surface area (Å²) in [5, 5.41) is 0. The molecular weight excluding hydrogens is 122 g/mol. The van der Waals surface area contributed by atoms with Gasteiger partial charge in [-0.15, -0.1) is 0 Å². The predicted molar refractivity (Wildman–Crippen MR) is 45.0 cm³/mol. The number of hydrogen-bond acceptors (Lipinski definition) is 1. The molecule has 1 unspecified atom stereocenters. The van der Waals surface area contributed by atoms with Gasteiger partial charge < -0.3 is 4.90 Å². The van der Waals surface area contributed by atoms with Crippen molar-refractivity contribution in [2.75, 3.05) is 20.1 Å². The van der Waals surface area contributed by atoms with E-state index in [4.69, 9.17) is 0 Å². The second-order valence-corrected chi connectivity index (χ2v) is 3.45. The van der Waals surface area contributed by atoms with Gasteiger partial charge in [-0.2, -0.15) is 0 Å². The highest BCUT2D eigenvalue weighted by atomic mass is 15.1. The van der Waals surface area contributed by atoms with Gasteiger partial charge in [0.25, 0.3) is 0 Å². The maximum Gasteiger partial charge on any atom is 0.00438 e. The molecule has 1 nitrogen and oxygen atoms in total. The van der Waals surface area contributed by atoms with Gasteiger partial charge in [0.15, 0.2) is 0 Å². The van der Waals surface area contributed by atoms with Crippen LogP contribution in [0.3, 0.4) is 0 Å². The predicted octanol–water partition coefficient (Wildman–Crippen LogP) is 1.90. The topological polar surface area (TPSA) is 3.24 Å². The molecule has 1 heteroatoms. The number of piperidine rings is 1. The summed E-state index contributed by atoms with van der Waals surface area (Å²) >= 11 is 0. The SMILES string of the molecule is C=C(C)C1CCCN(C)C1. The van der Waals surface area contributed by atoms with E-state index in [1.165, 1.54) is 31.5 Å². The van der Waals surface area contributed by atoms with E-state index >= 15 is 0 Å². The lowest BCUT2D eigenvalue weighted by molar-refractivity contribution is 0.231. The van der Waals surface area contributed by atoms with Crippen molar-refractivity contribution in [2.45, 2.75) is 19.8 Å². The fraction of sp³-hybridized carbons (Fsp3) is 0.778. The second kappa shape index (κ2) is 3.20. The molecule has 0 bridgehead atoms. The number of hydrogen-bond donors (Lipinski definition) is 0. The van der Waals surface area contributed by atoms with Gasteiger partial charge in [0.2, 0.25) is 0 Å². The second-order valence-electron chi connectivity index (χ2n) is 3.45. The minimum absolute atomic E-state index is 0.763. The summed E-state index contributed by atoms with van der Waals surface area (Å²) < 4.78 is 0. The molecule has 0 spiro atoms. The summed E-state index contributed by atoms with van der Waals surface area (Å²) in [6.07, 6.45) is 2.69. The van der Waals surface area contributed by atoms with Crippen molar-refractivity contribution in [2.24, 2.45) is 5.92 Å². The Morgan fingerprint density at radius 2 is 2.30 bits per heavy atom. The van der Waals surface area contributed by atoms with Gasteiger partial charge >= 0.3 is 0 Å². The third-order valence-corrected chi connectivity index (χ3v) is 2.32. The average Bonchev–Trinajstić information content (AvgIpc) is 1.88. The first kappa shape index (κ1) is 7.80. The zero-order valence-electron chi connectivity index (χ0n) is 7.06. The van der Waals surface area contributed by atoms with E-state index in [-0.39, 0.29) is 0 Å². The maximum atomic E-state index is 3.99. The van der Waals surface area contributed by atoms with Crippen molar-refractivity contribution >= 4 is 0 Å². The highest BCUT2D eigenvalue weighted by molar-refractivity contribution is 4.98. The van der Waals surface area contributed by atoms with Crippen LogP contribution in [0.15, 0.2) is 12.2 Å². The van der Waals surface area contributed by atoms with Crippen molar-refractivity contribution in [1.29, 1.82) is 0 Å². The van der Waals surface area contributed by atoms with Crippen LogP contribution >= 0.6 is 0 Å². The van der Waals surface area contributed by atoms with Gasteiger partial charge in [-0.05, 0) is 39.3 Å². The Hall–Kier alpha value is -0.300. The highest BCUT2D eigenvalue weighted by Crippen LogP contribution is 2.20. The van der Waals surface area contributed by atoms with Crippen LogP contribution in [0.2, 0.25) is 0 Å². The van der Waals surface area contributed by atoms with E-state index in [1.807, 2.05) is 0 Å². The van der Waals surface area contributed by atoms with E-state index in [2.05, 4.69) is 25.5 Å². The first-order chi connectivity index (χ1) is 4.70. The molecule has 0 aromatic carbocycles. The summed E-state index contributed by atoms with van der Waals surface area (Å²) in [7, 11) is 2.19. The van der Waals surface area contributed by atoms with Crippen molar-refractivity contribution in [1.82, 2.24) is 4.90 Å². The molecule has 0 saturated carbocycles. The van der Waals surface area contributed by atoms with Crippen LogP contribution in [-0.2, 0) is 0 Å². The maximum absolute atomic E-state index is 3.99. The molecule has 1 aliphatic rings. The quantitative estimate of drug-likeness (QED) is 0.501. The van der Waals surface area contributed by atoms with E-state index in [1.54, 1.807) is 0 Å². The van der Waals surface area contributed by atoms with Crippen molar-refractivity contribution in [3.8, 4) is 0 Å². The molecular formula is C9H17N. The molecule has 1 saturated heterocycles. The minimum Gasteiger partial charge on any atom is -0.306 e. The van der Waals surface area contributed by atoms with Crippen molar-refractivity contribution in [3.05, 3.63) is 12.2 Å². The number of likely N-dealkylation sites (tertiary alicyclic amines) is 1. The molecule has 1 rings (SSSR count). The average molecular weight is 139 g/mol. The van der Waals surface area contributed by atoms with Gasteiger partial charge in [0.1, 0.15) is 0 Å². The lowest BCUT2D eigenvalue weighted by Crippen LogP contribution is -2.32. The van der Waals surface area contributed by atoms with Gasteiger partial charge in [0, 0.05) is 6.54 Å². The van der Waals surface area contributed by atoms with E-state index < -0.39 is 0 Å². The Kier molecular flexibility index (Phi) is 2.50. The Morgan fingerprint density at radius 3 is 2.70 bits per heavy atom. The number of rotatable bonds is 1. The third kappa shape index (κ3) is 1.84. The molecule has 0 aliphatic carbocycles. The smallest absolute Gasteiger partial charge is 0.00438 e. The molecule has 0 aromatic heterocycles. The summed E-state index contributed by atoms with van der Waals surface area (Å²) in [5.74, 6) is 0.763. The minimum atomic E-state index is 0.763. The van der Waals surface area contributed by atoms with E-state index in [0.29, 0.717) is 0 Å². The molecule has 0 aromatic rings. The fourth-order valence-electron chi connectivity index (χ4n) is 1.57. The normalized spacial score (nSPS) is 28.4. The van der Waals surface area contributed by atoms with Crippen LogP contribution in [0.5, 0.6) is 0 Å². The molecule has 0 N–H and O–H groups in total. The van der Waals surface area contributed by atoms with Gasteiger partial charge in [-0.1, -0.05) is 12.2 Å². The Morgan fingerprint density at radius 1 is 1.60 bits per heavy atom. The van der Waals surface area contributed by atoms with Crippen LogP contribution in [0.1, 0.15) is 19.8 Å². The van der Waals surface area contributed by atoms with E-state index in [9.17, 15) is 0 Å². The third-order valence-electron chi connectivity index (χ3n) is 2.32. The Bertz CT molecular complexity index is 129. The van der Waals surface area contributed by atoms with Crippen molar-refractivity contribution in [3.63, 3.8) is 0 Å². The summed E-state index contributed by atoms with van der Waals surface area (Å²) in [5.41, 5.74) is 1.35. The summed E-state index contributed by atoms with van der Waals surface area (Å²) in [6, 6.07) is 0. The van der Waals surface area contributed by atoms with Gasteiger partial charge in [-0.3, -0.25) is 0 Å². The molecule has 1 atom stereocenters. The molecule has 1 heterocycles. The van der Waals surface area contributed by atoms with Crippen LogP contribution in [0, 0.1) is 5.92 Å².